The summed E-state index contributed by atoms with van der Waals surface area (Å²) in [6, 6.07) is 0. The third-order valence-electron chi connectivity index (χ3n) is 4.77. The highest BCUT2D eigenvalue weighted by Crippen LogP contribution is 2.28. The van der Waals surface area contributed by atoms with Gasteiger partial charge >= 0.3 is 18.2 Å². The number of aliphatic hydroxyl groups excluding tert-OH is 1. The molecule has 0 bridgehead atoms. The average molecular weight is 471 g/mol. The molecule has 3 atom stereocenters. The molecule has 7 nitrogen and oxygen atoms in total. The van der Waals surface area contributed by atoms with E-state index in [0.29, 0.717) is 12.0 Å². The van der Waals surface area contributed by atoms with Crippen LogP contribution in [0.2, 0.25) is 0 Å². The number of carbonyl (C=O) groups is 3. The number of rotatable bonds is 9. The molecule has 1 amide bonds. The molecule has 1 rings (SSSR count). The Morgan fingerprint density at radius 1 is 1.33 bits per heavy atom. The fraction of sp³-hybridized carbons (Fsp3) is 0.478. The van der Waals surface area contributed by atoms with E-state index in [9.17, 15) is 32.7 Å². The van der Waals surface area contributed by atoms with Crippen LogP contribution in [0, 0.1) is 11.8 Å². The molecule has 0 spiro atoms. The lowest BCUT2D eigenvalue weighted by Crippen LogP contribution is -2.40. The lowest BCUT2D eigenvalue weighted by molar-refractivity contribution is -0.153. The maximum atomic E-state index is 12.6. The van der Waals surface area contributed by atoms with Crippen LogP contribution in [0.1, 0.15) is 40.0 Å². The maximum Gasteiger partial charge on any atom is 0.411 e. The molecule has 33 heavy (non-hydrogen) atoms. The zero-order valence-electron chi connectivity index (χ0n) is 18.9. The highest BCUT2D eigenvalue weighted by Gasteiger charge is 2.39. The normalized spacial score (nSPS) is 20.1. The van der Waals surface area contributed by atoms with Crippen LogP contribution in [0.25, 0.3) is 0 Å². The summed E-state index contributed by atoms with van der Waals surface area (Å²) in [5, 5.41) is 12.7. The maximum absolute atomic E-state index is 12.6. The zero-order chi connectivity index (χ0) is 25.2. The molecule has 1 aliphatic rings. The molecule has 0 aliphatic carbocycles. The molecule has 0 aromatic heterocycles. The van der Waals surface area contributed by atoms with Gasteiger partial charge in [-0.3, -0.25) is 14.9 Å². The number of allylic oxidation sites excluding steroid dienone is 6. The third-order valence-corrected chi connectivity index (χ3v) is 4.77. The van der Waals surface area contributed by atoms with Crippen LogP contribution in [0.15, 0.2) is 53.1 Å². The molecule has 1 aliphatic heterocycles. The average Bonchev–Trinajstić information content (AvgIpc) is 2.74. The summed E-state index contributed by atoms with van der Waals surface area (Å²) in [7, 11) is 1.22. The molecule has 0 saturated heterocycles. The van der Waals surface area contributed by atoms with E-state index in [1.807, 2.05) is 0 Å². The van der Waals surface area contributed by atoms with Crippen LogP contribution < -0.4 is 5.32 Å². The lowest BCUT2D eigenvalue weighted by atomic mass is 9.89. The molecular formula is C23H28F3NO6. The fourth-order valence-electron chi connectivity index (χ4n) is 2.74. The van der Waals surface area contributed by atoms with Gasteiger partial charge in [-0.1, -0.05) is 24.6 Å². The number of alkyl halides is 3. The molecule has 3 unspecified atom stereocenters. The second-order valence-corrected chi connectivity index (χ2v) is 7.59. The van der Waals surface area contributed by atoms with E-state index in [4.69, 9.17) is 4.74 Å². The summed E-state index contributed by atoms with van der Waals surface area (Å²) in [6.45, 7) is 4.66. The van der Waals surface area contributed by atoms with Crippen molar-refractivity contribution >= 4 is 17.8 Å². The summed E-state index contributed by atoms with van der Waals surface area (Å²) >= 11 is 0. The molecule has 10 heteroatoms. The van der Waals surface area contributed by atoms with Gasteiger partial charge in [0.05, 0.1) is 13.2 Å². The minimum Gasteiger partial charge on any atom is -0.453 e. The molecule has 0 fully saturated rings. The standard InChI is InChI=1S/C23H28F3NO6/c1-14(10-11-23(24,25)26)8-9-16(3)20(29)19-17(28)13-18(33-21(19)30)15(2)7-5-6-12-27-22(31)32-4/h5,8-9,12-13,15,17,19,28H,7,10-11H2,1-4H3,(H,27,31)/b14-8-,16-9+. The Hall–Kier alpha value is -3.10. The van der Waals surface area contributed by atoms with Crippen LogP contribution in [0.4, 0.5) is 18.0 Å². The van der Waals surface area contributed by atoms with Crippen LogP contribution in [-0.4, -0.2) is 42.3 Å². The molecule has 0 saturated carbocycles. The number of ketones is 1. The van der Waals surface area contributed by atoms with Gasteiger partial charge in [0.1, 0.15) is 11.7 Å². The van der Waals surface area contributed by atoms with Crippen molar-refractivity contribution in [3.8, 4) is 0 Å². The first-order valence-electron chi connectivity index (χ1n) is 10.2. The van der Waals surface area contributed by atoms with E-state index in [0.717, 1.165) is 0 Å². The monoisotopic (exact) mass is 471 g/mol. The lowest BCUT2D eigenvalue weighted by Gasteiger charge is -2.27. The number of alkyl carbamates (subject to hydrolysis) is 1. The van der Waals surface area contributed by atoms with E-state index in [1.54, 1.807) is 13.0 Å². The smallest absolute Gasteiger partial charge is 0.411 e. The van der Waals surface area contributed by atoms with Gasteiger partial charge in [0, 0.05) is 18.5 Å². The number of amides is 1. The molecule has 182 valence electrons. The Morgan fingerprint density at radius 3 is 2.58 bits per heavy atom. The number of methoxy groups -OCH3 is 1. The van der Waals surface area contributed by atoms with Gasteiger partial charge in [-0.25, -0.2) is 4.79 Å². The van der Waals surface area contributed by atoms with Crippen molar-refractivity contribution in [2.75, 3.05) is 7.11 Å². The van der Waals surface area contributed by atoms with E-state index >= 15 is 0 Å². The summed E-state index contributed by atoms with van der Waals surface area (Å²) in [5.74, 6) is -3.17. The van der Waals surface area contributed by atoms with E-state index < -0.39 is 42.5 Å². The fourth-order valence-corrected chi connectivity index (χ4v) is 2.74. The number of cyclic esters (lactones) is 1. The predicted molar refractivity (Wildman–Crippen MR) is 113 cm³/mol. The molecule has 0 radical (unpaired) electrons. The van der Waals surface area contributed by atoms with E-state index in [-0.39, 0.29) is 23.7 Å². The highest BCUT2D eigenvalue weighted by molar-refractivity contribution is 6.09. The first-order chi connectivity index (χ1) is 15.4. The Labute approximate surface area is 190 Å². The van der Waals surface area contributed by atoms with Gasteiger partial charge in [-0.05, 0) is 44.4 Å². The van der Waals surface area contributed by atoms with Crippen molar-refractivity contribution < 1.29 is 42.1 Å². The largest absolute Gasteiger partial charge is 0.453 e. The number of halogens is 3. The number of aliphatic hydroxyl groups is 1. The Kier molecular flexibility index (Phi) is 10.8. The van der Waals surface area contributed by atoms with Crippen LogP contribution in [0.3, 0.4) is 0 Å². The minimum atomic E-state index is -4.27. The van der Waals surface area contributed by atoms with E-state index in [1.165, 1.54) is 45.4 Å². The number of hydrogen-bond acceptors (Lipinski definition) is 6. The summed E-state index contributed by atoms with van der Waals surface area (Å²) < 4.78 is 46.5. The van der Waals surface area contributed by atoms with Crippen LogP contribution >= 0.6 is 0 Å². The van der Waals surface area contributed by atoms with Crippen molar-refractivity contribution in [1.29, 1.82) is 0 Å². The first kappa shape index (κ1) is 27.9. The van der Waals surface area contributed by atoms with Gasteiger partial charge in [0.15, 0.2) is 5.78 Å². The molecule has 1 heterocycles. The second kappa shape index (κ2) is 12.8. The topological polar surface area (TPSA) is 102 Å². The third kappa shape index (κ3) is 9.93. The quantitative estimate of drug-likeness (QED) is 0.171. The van der Waals surface area contributed by atoms with Crippen molar-refractivity contribution in [2.45, 2.75) is 52.3 Å². The Morgan fingerprint density at radius 2 is 2.00 bits per heavy atom. The molecule has 2 N–H and O–H groups in total. The second-order valence-electron chi connectivity index (χ2n) is 7.59. The zero-order valence-corrected chi connectivity index (χ0v) is 18.9. The Balaban J connectivity index is 2.79. The van der Waals surface area contributed by atoms with Crippen molar-refractivity contribution in [3.63, 3.8) is 0 Å². The van der Waals surface area contributed by atoms with E-state index in [2.05, 4.69) is 15.8 Å². The Bertz CT molecular complexity index is 894. The first-order valence-corrected chi connectivity index (χ1v) is 10.2. The number of esters is 1. The molecular weight excluding hydrogens is 443 g/mol. The van der Waals surface area contributed by atoms with Crippen molar-refractivity contribution in [3.05, 3.63) is 53.1 Å². The number of nitrogens with one attached hydrogen (secondary N) is 1. The predicted octanol–water partition coefficient (Wildman–Crippen LogP) is 4.26. The summed E-state index contributed by atoms with van der Waals surface area (Å²) in [6.07, 6.45) is -0.304. The highest BCUT2D eigenvalue weighted by atomic mass is 19.4. The van der Waals surface area contributed by atoms with Crippen molar-refractivity contribution in [2.24, 2.45) is 11.8 Å². The molecule has 0 aromatic carbocycles. The number of ether oxygens (including phenoxy) is 2. The van der Waals surface area contributed by atoms with Gasteiger partial charge < -0.3 is 14.6 Å². The van der Waals surface area contributed by atoms with Gasteiger partial charge in [-0.2, -0.15) is 13.2 Å². The van der Waals surface area contributed by atoms with Crippen molar-refractivity contribution in [1.82, 2.24) is 5.32 Å². The molecule has 0 aromatic rings. The number of Topliss-reactive ketones (excluding diaryl/α,β-unsaturated/α-hetero) is 1. The van der Waals surface area contributed by atoms with Crippen LogP contribution in [0.5, 0.6) is 0 Å². The van der Waals surface area contributed by atoms with Gasteiger partial charge in [0.25, 0.3) is 0 Å². The SMILES string of the molecule is COC(=O)NC=C=CCC(C)C1=CC(O)C(C(=O)/C(C)=C/C=C(/C)CCC(F)(F)F)C(=O)O1. The minimum absolute atomic E-state index is 0.110. The summed E-state index contributed by atoms with van der Waals surface area (Å²) in [5.41, 5.74) is 3.24. The van der Waals surface area contributed by atoms with Gasteiger partial charge in [0.2, 0.25) is 0 Å². The number of carbonyl (C=O) groups excluding carboxylic acids is 3. The van der Waals surface area contributed by atoms with Crippen LogP contribution in [-0.2, 0) is 19.1 Å². The van der Waals surface area contributed by atoms with Gasteiger partial charge in [-0.15, -0.1) is 5.73 Å². The number of hydrogen-bond donors (Lipinski definition) is 2. The summed E-state index contributed by atoms with van der Waals surface area (Å²) in [4.78, 5) is 35.9.